The van der Waals surface area contributed by atoms with Crippen molar-refractivity contribution >= 4 is 23.0 Å². The van der Waals surface area contributed by atoms with Gasteiger partial charge in [0.15, 0.2) is 23.2 Å². The van der Waals surface area contributed by atoms with Crippen LogP contribution in [0.3, 0.4) is 0 Å². The second kappa shape index (κ2) is 13.3. The van der Waals surface area contributed by atoms with Crippen LogP contribution in [-0.2, 0) is 34.8 Å². The summed E-state index contributed by atoms with van der Waals surface area (Å²) in [6.45, 7) is 6.30. The van der Waals surface area contributed by atoms with Crippen molar-refractivity contribution in [2.45, 2.75) is 58.3 Å². The van der Waals surface area contributed by atoms with E-state index >= 15 is 8.78 Å². The van der Waals surface area contributed by atoms with Crippen LogP contribution in [0.25, 0.3) is 22.3 Å². The highest BCUT2D eigenvalue weighted by molar-refractivity contribution is 5.86. The normalized spacial score (nSPS) is 18.3. The highest BCUT2D eigenvalue weighted by atomic mass is 19.1. The number of fused-ring (bicyclic) bond motifs is 8. The van der Waals surface area contributed by atoms with Crippen LogP contribution in [0.4, 0.5) is 13.6 Å². The zero-order valence-electron chi connectivity index (χ0n) is 27.9. The molecule has 0 unspecified atom stereocenters. The summed E-state index contributed by atoms with van der Waals surface area (Å²) in [7, 11) is 1.68. The number of carbonyl (C=O) groups excluding carboxylic acids is 1. The van der Waals surface area contributed by atoms with Crippen molar-refractivity contribution in [1.82, 2.24) is 25.1 Å². The molecule has 0 spiro atoms. The van der Waals surface area contributed by atoms with Gasteiger partial charge in [-0.2, -0.15) is 5.10 Å². The van der Waals surface area contributed by atoms with E-state index in [2.05, 4.69) is 10.3 Å². The van der Waals surface area contributed by atoms with Crippen LogP contribution in [0.15, 0.2) is 60.8 Å². The fourth-order valence-electron chi connectivity index (χ4n) is 6.26. The second-order valence-corrected chi connectivity index (χ2v) is 13.6. The van der Waals surface area contributed by atoms with E-state index in [9.17, 15) is 14.7 Å². The average molecular weight is 672 g/mol. The summed E-state index contributed by atoms with van der Waals surface area (Å²) in [5.41, 5.74) is 1.70. The molecule has 0 fully saturated rings. The Morgan fingerprint density at radius 3 is 2.67 bits per heavy atom. The number of aromatic amines is 1. The van der Waals surface area contributed by atoms with E-state index < -0.39 is 34.5 Å². The lowest BCUT2D eigenvalue weighted by molar-refractivity contribution is -0.136. The number of nitrogens with one attached hydrogen (secondary N) is 2. The molecule has 3 heterocycles. The molecule has 12 heteroatoms. The number of amides is 1. The highest BCUT2D eigenvalue weighted by Crippen LogP contribution is 2.41. The van der Waals surface area contributed by atoms with E-state index in [1.54, 1.807) is 13.2 Å². The van der Waals surface area contributed by atoms with Gasteiger partial charge in [-0.25, -0.2) is 23.2 Å². The monoisotopic (exact) mass is 671 g/mol. The zero-order chi connectivity index (χ0) is 34.9. The predicted octanol–water partition coefficient (Wildman–Crippen LogP) is 7.45. The van der Waals surface area contributed by atoms with Crippen molar-refractivity contribution in [2.24, 2.45) is 12.5 Å². The number of rotatable bonds is 4. The van der Waals surface area contributed by atoms with Gasteiger partial charge in [0.1, 0.15) is 11.6 Å². The minimum atomic E-state index is -0.887. The number of ether oxygens (including phenoxy) is 2. The molecule has 3 aromatic carbocycles. The number of carbonyl (C=O) groups is 2. The fraction of sp³-hybridized carbons (Fsp3) is 0.351. The Morgan fingerprint density at radius 1 is 1.06 bits per heavy atom. The summed E-state index contributed by atoms with van der Waals surface area (Å²) in [6.07, 6.45) is 2.81. The van der Waals surface area contributed by atoms with Crippen molar-refractivity contribution in [3.8, 4) is 22.9 Å². The number of hydrogen-bond acceptors (Lipinski definition) is 6. The van der Waals surface area contributed by atoms with Crippen molar-refractivity contribution in [3.05, 3.63) is 94.9 Å². The molecule has 10 nitrogen and oxygen atoms in total. The summed E-state index contributed by atoms with van der Waals surface area (Å²) >= 11 is 0. The summed E-state index contributed by atoms with van der Waals surface area (Å²) in [4.78, 5) is 32.0. The summed E-state index contributed by atoms with van der Waals surface area (Å²) < 4.78 is 44.5. The molecular weight excluding hydrogens is 632 g/mol. The third kappa shape index (κ3) is 7.13. The van der Waals surface area contributed by atoms with E-state index in [0.717, 1.165) is 16.5 Å². The fourth-order valence-corrected chi connectivity index (χ4v) is 6.26. The molecule has 6 rings (SSSR count). The van der Waals surface area contributed by atoms with Crippen molar-refractivity contribution in [2.75, 3.05) is 13.2 Å². The minimum Gasteiger partial charge on any atom is -0.481 e. The summed E-state index contributed by atoms with van der Waals surface area (Å²) in [5.74, 6) is -1.21. The molecule has 3 N–H and O–H groups in total. The molecule has 1 aliphatic heterocycles. The Hall–Kier alpha value is -5.26. The van der Waals surface area contributed by atoms with Crippen molar-refractivity contribution in [3.63, 3.8) is 0 Å². The molecule has 0 saturated heterocycles. The van der Waals surface area contributed by atoms with Gasteiger partial charge in [-0.15, -0.1) is 0 Å². The number of aryl methyl sites for hydroxylation is 2. The first kappa shape index (κ1) is 33.6. The van der Waals surface area contributed by atoms with Crippen molar-refractivity contribution in [1.29, 1.82) is 0 Å². The highest BCUT2D eigenvalue weighted by Gasteiger charge is 2.37. The number of aliphatic carboxylic acids is 1. The smallest absolute Gasteiger partial charge is 0.407 e. The predicted molar refractivity (Wildman–Crippen MR) is 180 cm³/mol. The Morgan fingerprint density at radius 2 is 1.88 bits per heavy atom. The number of H-pyrrole nitrogens is 1. The van der Waals surface area contributed by atoms with E-state index in [4.69, 9.17) is 19.6 Å². The average Bonchev–Trinajstić information content (AvgIpc) is 3.70. The second-order valence-electron chi connectivity index (χ2n) is 13.6. The molecule has 1 aliphatic rings. The maximum absolute atomic E-state index is 15.6. The van der Waals surface area contributed by atoms with E-state index in [1.807, 2.05) is 51.1 Å². The molecule has 1 atom stereocenters. The number of benzene rings is 3. The van der Waals surface area contributed by atoms with Crippen LogP contribution >= 0.6 is 0 Å². The van der Waals surface area contributed by atoms with Crippen LogP contribution in [0.1, 0.15) is 62.5 Å². The first-order valence-corrected chi connectivity index (χ1v) is 16.2. The number of halogens is 2. The van der Waals surface area contributed by atoms with Gasteiger partial charge in [0.2, 0.25) is 0 Å². The van der Waals surface area contributed by atoms with E-state index in [-0.39, 0.29) is 48.9 Å². The zero-order valence-corrected chi connectivity index (χ0v) is 27.9. The van der Waals surface area contributed by atoms with Crippen molar-refractivity contribution < 1.29 is 33.0 Å². The lowest BCUT2D eigenvalue weighted by Crippen LogP contribution is -2.33. The number of carboxylic acid groups (broad SMARTS) is 1. The molecule has 0 saturated carbocycles. The third-order valence-corrected chi connectivity index (χ3v) is 9.25. The van der Waals surface area contributed by atoms with Gasteiger partial charge in [-0.05, 0) is 73.4 Å². The first-order valence-electron chi connectivity index (χ1n) is 16.2. The van der Waals surface area contributed by atoms with Crippen LogP contribution in [0.5, 0.6) is 11.5 Å². The molecule has 256 valence electrons. The van der Waals surface area contributed by atoms with Gasteiger partial charge in [0.05, 0.1) is 17.6 Å². The number of hydrogen-bond donors (Lipinski definition) is 3. The van der Waals surface area contributed by atoms with Crippen LogP contribution < -0.4 is 10.1 Å². The van der Waals surface area contributed by atoms with E-state index in [0.29, 0.717) is 36.2 Å². The molecule has 49 heavy (non-hydrogen) atoms. The largest absolute Gasteiger partial charge is 0.481 e. The number of cyclic esters (lactones) is 1. The van der Waals surface area contributed by atoms with Gasteiger partial charge in [-0.1, -0.05) is 38.1 Å². The Kier molecular flexibility index (Phi) is 9.15. The van der Waals surface area contributed by atoms with Gasteiger partial charge >= 0.3 is 12.1 Å². The molecule has 1 amide bonds. The van der Waals surface area contributed by atoms with Gasteiger partial charge < -0.3 is 24.9 Å². The number of alkyl carbamates (subject to hydrolysis) is 1. The molecule has 0 aliphatic carbocycles. The van der Waals surface area contributed by atoms with Gasteiger partial charge in [0, 0.05) is 48.7 Å². The molecule has 5 aromatic rings. The topological polar surface area (TPSA) is 131 Å². The van der Waals surface area contributed by atoms with Crippen LogP contribution in [-0.4, -0.2) is 50.1 Å². The standard InChI is InChI=1S/C37H39F2N5O5/c1-36(2)14-15-37(3,23-7-5-6-22(18-23)8-11-31(45)46)34-42-33(44(4)43-34)27-19-24(9-10-28(27)38)49-32-26(13-17-41-35(47)48-21-36)25-12-16-40-30(25)20-29(32)39/h5-7,9-10,12,16,18-20,40H,8,11,13-15,17,21H2,1-4H3,(H,41,47)(H,45,46)/t37-/m0/s1. The number of carboxylic acids is 1. The number of aromatic nitrogens is 4. The molecular formula is C37H39F2N5O5. The Labute approximate surface area is 282 Å². The van der Waals surface area contributed by atoms with Crippen LogP contribution in [0, 0.1) is 17.0 Å². The van der Waals surface area contributed by atoms with Crippen LogP contribution in [0.2, 0.25) is 0 Å². The lowest BCUT2D eigenvalue weighted by Gasteiger charge is -2.32. The van der Waals surface area contributed by atoms with Gasteiger partial charge in [-0.3, -0.25) is 4.79 Å². The summed E-state index contributed by atoms with van der Waals surface area (Å²) in [6, 6.07) is 15.0. The Balaban J connectivity index is 1.47. The first-order chi connectivity index (χ1) is 23.3. The molecule has 2 aromatic heterocycles. The maximum Gasteiger partial charge on any atom is 0.407 e. The van der Waals surface area contributed by atoms with Gasteiger partial charge in [0.25, 0.3) is 0 Å². The lowest BCUT2D eigenvalue weighted by atomic mass is 9.73. The van der Waals surface area contributed by atoms with E-state index in [1.165, 1.54) is 28.9 Å². The number of nitrogens with zero attached hydrogens (tertiary/aromatic N) is 3. The Bertz CT molecular complexity index is 2040. The molecule has 4 bridgehead atoms. The minimum absolute atomic E-state index is 0.0132. The summed E-state index contributed by atoms with van der Waals surface area (Å²) in [5, 5.41) is 17.6. The quantitative estimate of drug-likeness (QED) is 0.181. The SMILES string of the molecule is Cn1nc2nc1-c1cc(ccc1F)Oc1c(F)cc3[nH]ccc3c1CCNC(=O)OCC(C)(C)CC[C@@]2(C)c1cccc(CCC(=O)O)c1. The maximum atomic E-state index is 15.6. The third-order valence-electron chi connectivity index (χ3n) is 9.25. The molecule has 0 radical (unpaired) electrons.